The van der Waals surface area contributed by atoms with Gasteiger partial charge in [-0.05, 0) is 0 Å². The molecular weight excluding hydrogens is 182 g/mol. The molecule has 0 atom stereocenters. The van der Waals surface area contributed by atoms with Crippen molar-refractivity contribution in [3.05, 3.63) is 23.3 Å². The van der Waals surface area contributed by atoms with Crippen LogP contribution in [0.5, 0.6) is 0 Å². The van der Waals surface area contributed by atoms with Gasteiger partial charge in [-0.15, -0.1) is 26.7 Å². The van der Waals surface area contributed by atoms with E-state index in [1.54, 1.807) is 0 Å². The minimum Gasteiger partial charge on any atom is -0.376 e. The van der Waals surface area contributed by atoms with Crippen LogP contribution in [-0.4, -0.2) is 0 Å². The molecule has 82 valence electrons. The van der Waals surface area contributed by atoms with E-state index in [0.717, 1.165) is 6.42 Å². The van der Waals surface area contributed by atoms with E-state index >= 15 is 0 Å². The molecular formula is C14H24Li2. The Labute approximate surface area is 127 Å². The van der Waals surface area contributed by atoms with Crippen LogP contribution in [0.25, 0.3) is 0 Å². The van der Waals surface area contributed by atoms with Gasteiger partial charge in [-0.3, -0.25) is 0 Å². The van der Waals surface area contributed by atoms with Crippen LogP contribution in [0.1, 0.15) is 66.2 Å². The van der Waals surface area contributed by atoms with Crippen molar-refractivity contribution in [2.75, 3.05) is 0 Å². The zero-order valence-corrected chi connectivity index (χ0v) is 12.2. The summed E-state index contributed by atoms with van der Waals surface area (Å²) >= 11 is 0. The van der Waals surface area contributed by atoms with E-state index in [1.165, 1.54) is 43.3 Å². The maximum absolute atomic E-state index is 3.52. The van der Waals surface area contributed by atoms with Crippen LogP contribution in [0, 0.1) is 12.2 Å². The molecule has 0 aromatic rings. The summed E-state index contributed by atoms with van der Waals surface area (Å²) in [5.74, 6) is 0. The predicted molar refractivity (Wildman–Crippen MR) is 63.9 cm³/mol. The van der Waals surface area contributed by atoms with Gasteiger partial charge in [0.1, 0.15) is 0 Å². The molecule has 0 radical (unpaired) electrons. The molecule has 0 saturated carbocycles. The molecule has 0 aromatic carbocycles. The molecule has 0 saturated heterocycles. The van der Waals surface area contributed by atoms with Crippen molar-refractivity contribution in [3.8, 4) is 0 Å². The molecule has 2 heteroatoms. The first-order chi connectivity index (χ1) is 6.76. The zero-order valence-electron chi connectivity index (χ0n) is 12.2. The molecule has 0 N–H and O–H groups in total. The topological polar surface area (TPSA) is 0 Å². The molecule has 0 rings (SSSR count). The van der Waals surface area contributed by atoms with Crippen molar-refractivity contribution in [2.45, 2.75) is 66.2 Å². The van der Waals surface area contributed by atoms with Crippen molar-refractivity contribution in [2.24, 2.45) is 0 Å². The summed E-state index contributed by atoms with van der Waals surface area (Å²) in [6.07, 6.45) is 14.1. The second-order valence-electron chi connectivity index (χ2n) is 3.74. The van der Waals surface area contributed by atoms with Crippen LogP contribution in [0.3, 0.4) is 0 Å². The molecule has 0 nitrogen and oxygen atoms in total. The number of rotatable bonds is 7. The van der Waals surface area contributed by atoms with Crippen LogP contribution in [0.15, 0.2) is 11.1 Å². The summed E-state index contributed by atoms with van der Waals surface area (Å²) in [6, 6.07) is 0. The van der Waals surface area contributed by atoms with Crippen molar-refractivity contribution in [1.82, 2.24) is 0 Å². The van der Waals surface area contributed by atoms with Gasteiger partial charge in [0.05, 0.1) is 0 Å². The third-order valence-corrected chi connectivity index (χ3v) is 2.48. The summed E-state index contributed by atoms with van der Waals surface area (Å²) in [6.45, 7) is 8.59. The summed E-state index contributed by atoms with van der Waals surface area (Å²) < 4.78 is 0. The van der Waals surface area contributed by atoms with Gasteiger partial charge in [-0.25, -0.2) is 0 Å². The van der Waals surface area contributed by atoms with E-state index in [9.17, 15) is 0 Å². The molecule has 0 heterocycles. The third-order valence-electron chi connectivity index (χ3n) is 2.48. The molecule has 0 spiro atoms. The molecule has 0 amide bonds. The molecule has 0 unspecified atom stereocenters. The van der Waals surface area contributed by atoms with Crippen LogP contribution in [0.2, 0.25) is 0 Å². The smallest absolute Gasteiger partial charge is 0.376 e. The molecule has 0 aromatic heterocycles. The minimum atomic E-state index is 0. The average molecular weight is 206 g/mol. The van der Waals surface area contributed by atoms with Gasteiger partial charge < -0.3 is 23.3 Å². The molecule has 0 aliphatic heterocycles. The third kappa shape index (κ3) is 11.2. The van der Waals surface area contributed by atoms with Crippen molar-refractivity contribution < 1.29 is 37.7 Å². The van der Waals surface area contributed by atoms with Crippen molar-refractivity contribution in [1.29, 1.82) is 0 Å². The Bertz CT molecular complexity index is 193. The standard InChI is InChI=1S/C14H24.2Li/c1-5-8-10-12-14(11-9-6-2)13(4)7-3;;/h5-6,8-11H2,1-4H3;;/q-2;2*+1. The van der Waals surface area contributed by atoms with Gasteiger partial charge in [0.15, 0.2) is 0 Å². The van der Waals surface area contributed by atoms with Crippen LogP contribution in [-0.2, 0) is 0 Å². The second kappa shape index (κ2) is 15.7. The Kier molecular flexibility index (Phi) is 21.5. The quantitative estimate of drug-likeness (QED) is 0.214. The summed E-state index contributed by atoms with van der Waals surface area (Å²) in [7, 11) is 0. The fourth-order valence-electron chi connectivity index (χ4n) is 1.33. The Morgan fingerprint density at radius 3 is 2.00 bits per heavy atom. The van der Waals surface area contributed by atoms with Crippen molar-refractivity contribution in [3.63, 3.8) is 0 Å². The van der Waals surface area contributed by atoms with E-state index < -0.39 is 0 Å². The van der Waals surface area contributed by atoms with Gasteiger partial charge >= 0.3 is 37.7 Å². The Morgan fingerprint density at radius 1 is 1.00 bits per heavy atom. The summed E-state index contributed by atoms with van der Waals surface area (Å²) in [5.41, 5.74) is 2.68. The number of unbranched alkanes of at least 4 members (excludes halogenated alkanes) is 3. The first-order valence-corrected chi connectivity index (χ1v) is 5.87. The molecule has 0 aliphatic carbocycles. The van der Waals surface area contributed by atoms with Crippen LogP contribution in [0.4, 0.5) is 0 Å². The summed E-state index contributed by atoms with van der Waals surface area (Å²) in [4.78, 5) is 0. The fraction of sp³-hybridized carbons (Fsp3) is 0.714. The molecule has 0 bridgehead atoms. The van der Waals surface area contributed by atoms with Gasteiger partial charge in [0.2, 0.25) is 0 Å². The van der Waals surface area contributed by atoms with E-state index in [-0.39, 0.29) is 37.7 Å². The molecule has 16 heavy (non-hydrogen) atoms. The predicted octanol–water partition coefficient (Wildman–Crippen LogP) is -1.13. The van der Waals surface area contributed by atoms with E-state index in [1.807, 2.05) is 6.92 Å². The zero-order chi connectivity index (χ0) is 10.8. The molecule has 0 fully saturated rings. The number of hydrogen-bond acceptors (Lipinski definition) is 0. The maximum Gasteiger partial charge on any atom is 1.00 e. The van der Waals surface area contributed by atoms with Crippen LogP contribution < -0.4 is 37.7 Å². The SMILES string of the molecule is C[C-]=C(C)C(=[C-]CCCC)CCCC.[Li+].[Li+]. The Hall–Kier alpha value is 0.675. The number of hydrogen-bond donors (Lipinski definition) is 0. The minimum absolute atomic E-state index is 0. The maximum atomic E-state index is 3.52. The van der Waals surface area contributed by atoms with Gasteiger partial charge in [-0.1, -0.05) is 39.5 Å². The Morgan fingerprint density at radius 2 is 1.56 bits per heavy atom. The number of allylic oxidation sites excluding steroid dienone is 4. The fourth-order valence-corrected chi connectivity index (χ4v) is 1.33. The summed E-state index contributed by atoms with van der Waals surface area (Å²) in [5, 5.41) is 0. The van der Waals surface area contributed by atoms with Crippen molar-refractivity contribution >= 4 is 0 Å². The van der Waals surface area contributed by atoms with Crippen LogP contribution >= 0.6 is 0 Å². The molecule has 0 aliphatic rings. The van der Waals surface area contributed by atoms with Gasteiger partial charge in [0, 0.05) is 0 Å². The van der Waals surface area contributed by atoms with Gasteiger partial charge in [-0.2, -0.15) is 0 Å². The van der Waals surface area contributed by atoms with E-state index in [2.05, 4.69) is 32.9 Å². The first-order valence-electron chi connectivity index (χ1n) is 5.87. The Balaban J connectivity index is -0.000000845. The normalized spacial score (nSPS) is 11.8. The van der Waals surface area contributed by atoms with E-state index in [4.69, 9.17) is 0 Å². The second-order valence-corrected chi connectivity index (χ2v) is 3.74. The van der Waals surface area contributed by atoms with Gasteiger partial charge in [0.25, 0.3) is 0 Å². The van der Waals surface area contributed by atoms with E-state index in [0.29, 0.717) is 0 Å². The first kappa shape index (κ1) is 21.9. The monoisotopic (exact) mass is 206 g/mol. The average Bonchev–Trinajstić information content (AvgIpc) is 2.22. The largest absolute Gasteiger partial charge is 1.00 e.